The number of piperazine rings is 1. The number of fused-ring (bicyclic) bond motifs is 1. The summed E-state index contributed by atoms with van der Waals surface area (Å²) in [7, 11) is 0. The van der Waals surface area contributed by atoms with Gasteiger partial charge < -0.3 is 4.90 Å². The first-order valence-electron chi connectivity index (χ1n) is 11.4. The molecule has 5 rings (SSSR count). The molecular weight excluding hydrogens is 426 g/mol. The van der Waals surface area contributed by atoms with Crippen molar-refractivity contribution in [3.05, 3.63) is 94.9 Å². The van der Waals surface area contributed by atoms with Crippen LogP contribution in [0.25, 0.3) is 27.6 Å². The maximum Gasteiger partial charge on any atom is 0.254 e. The molecule has 1 aliphatic rings. The molecule has 2 aromatic carbocycles. The molecule has 0 radical (unpaired) electrons. The smallest absolute Gasteiger partial charge is 0.254 e. The highest BCUT2D eigenvalue weighted by molar-refractivity contribution is 7.15. The quantitative estimate of drug-likeness (QED) is 0.386. The molecule has 0 N–H and O–H groups in total. The Morgan fingerprint density at radius 3 is 2.48 bits per heavy atom. The van der Waals surface area contributed by atoms with Crippen molar-refractivity contribution in [2.24, 2.45) is 0 Å². The Kier molecular flexibility index (Phi) is 6.33. The number of aromatic nitrogens is 1. The molecule has 33 heavy (non-hydrogen) atoms. The molecule has 3 heterocycles. The molecule has 0 bridgehead atoms. The van der Waals surface area contributed by atoms with Gasteiger partial charge in [0.05, 0.1) is 21.7 Å². The highest BCUT2D eigenvalue weighted by Crippen LogP contribution is 2.30. The standard InChI is InChI=1S/C28H27N3OS/c1-21-13-14-27(33-21)26-20-24(23-11-5-6-12-25(23)29-26)28(32)31-18-16-30(17-19-31)15-7-10-22-8-3-2-4-9-22/h2-14,20H,15-19H2,1H3/b10-7+. The van der Waals surface area contributed by atoms with Crippen LogP contribution in [0.2, 0.25) is 0 Å². The molecule has 166 valence electrons. The minimum Gasteiger partial charge on any atom is -0.336 e. The fourth-order valence-electron chi connectivity index (χ4n) is 4.26. The average Bonchev–Trinajstić information content (AvgIpc) is 3.30. The predicted octanol–water partition coefficient (Wildman–Crippen LogP) is 5.74. The zero-order chi connectivity index (χ0) is 22.6. The van der Waals surface area contributed by atoms with Crippen LogP contribution in [0.1, 0.15) is 20.8 Å². The number of pyridine rings is 1. The number of thiophene rings is 1. The van der Waals surface area contributed by atoms with Gasteiger partial charge in [0.2, 0.25) is 0 Å². The third kappa shape index (κ3) is 4.90. The Labute approximate surface area is 198 Å². The zero-order valence-corrected chi connectivity index (χ0v) is 19.6. The summed E-state index contributed by atoms with van der Waals surface area (Å²) in [4.78, 5) is 25.1. The van der Waals surface area contributed by atoms with Gasteiger partial charge in [-0.25, -0.2) is 4.98 Å². The lowest BCUT2D eigenvalue weighted by atomic mass is 10.1. The van der Waals surface area contributed by atoms with Crippen LogP contribution in [0.5, 0.6) is 0 Å². The number of hydrogen-bond acceptors (Lipinski definition) is 4. The maximum absolute atomic E-state index is 13.6. The highest BCUT2D eigenvalue weighted by atomic mass is 32.1. The largest absolute Gasteiger partial charge is 0.336 e. The molecule has 4 aromatic rings. The van der Waals surface area contributed by atoms with E-state index in [0.717, 1.165) is 59.8 Å². The van der Waals surface area contributed by atoms with E-state index in [1.54, 1.807) is 11.3 Å². The molecule has 1 amide bonds. The van der Waals surface area contributed by atoms with E-state index in [1.807, 2.05) is 41.3 Å². The Morgan fingerprint density at radius 2 is 1.73 bits per heavy atom. The first kappa shape index (κ1) is 21.6. The van der Waals surface area contributed by atoms with E-state index in [0.29, 0.717) is 0 Å². The number of rotatable bonds is 5. The van der Waals surface area contributed by atoms with E-state index in [2.05, 4.69) is 60.4 Å². The first-order chi connectivity index (χ1) is 16.2. The summed E-state index contributed by atoms with van der Waals surface area (Å²) >= 11 is 1.71. The molecule has 0 saturated carbocycles. The summed E-state index contributed by atoms with van der Waals surface area (Å²) in [6.07, 6.45) is 4.37. The van der Waals surface area contributed by atoms with E-state index in [-0.39, 0.29) is 5.91 Å². The number of amides is 1. The lowest BCUT2D eigenvalue weighted by Gasteiger charge is -2.34. The number of carbonyl (C=O) groups excluding carboxylic acids is 1. The second kappa shape index (κ2) is 9.69. The lowest BCUT2D eigenvalue weighted by Crippen LogP contribution is -2.48. The van der Waals surface area contributed by atoms with Crippen molar-refractivity contribution < 1.29 is 4.79 Å². The fraction of sp³-hybridized carbons (Fsp3) is 0.214. The molecule has 2 aromatic heterocycles. The van der Waals surface area contributed by atoms with Gasteiger partial charge in [0.1, 0.15) is 0 Å². The lowest BCUT2D eigenvalue weighted by molar-refractivity contribution is 0.0652. The SMILES string of the molecule is Cc1ccc(-c2cc(C(=O)N3CCN(C/C=C/c4ccccc4)CC3)c3ccccc3n2)s1. The van der Waals surface area contributed by atoms with Gasteiger partial charge in [-0.1, -0.05) is 60.7 Å². The monoisotopic (exact) mass is 453 g/mol. The molecule has 0 aliphatic carbocycles. The van der Waals surface area contributed by atoms with Gasteiger partial charge in [0.25, 0.3) is 5.91 Å². The third-order valence-corrected chi connectivity index (χ3v) is 7.10. The predicted molar refractivity (Wildman–Crippen MR) is 138 cm³/mol. The van der Waals surface area contributed by atoms with Crippen LogP contribution in [0.3, 0.4) is 0 Å². The highest BCUT2D eigenvalue weighted by Gasteiger charge is 2.24. The topological polar surface area (TPSA) is 36.4 Å². The number of hydrogen-bond donors (Lipinski definition) is 0. The summed E-state index contributed by atoms with van der Waals surface area (Å²) in [6.45, 7) is 6.23. The zero-order valence-electron chi connectivity index (χ0n) is 18.8. The summed E-state index contributed by atoms with van der Waals surface area (Å²) in [5.74, 6) is 0.0996. The first-order valence-corrected chi connectivity index (χ1v) is 12.2. The molecule has 1 aliphatic heterocycles. The number of benzene rings is 2. The number of aryl methyl sites for hydroxylation is 1. The van der Waals surface area contributed by atoms with E-state index >= 15 is 0 Å². The summed E-state index contributed by atoms with van der Waals surface area (Å²) in [5, 5.41) is 0.924. The van der Waals surface area contributed by atoms with E-state index in [1.165, 1.54) is 10.4 Å². The van der Waals surface area contributed by atoms with Crippen LogP contribution in [0.4, 0.5) is 0 Å². The van der Waals surface area contributed by atoms with Crippen molar-refractivity contribution in [1.82, 2.24) is 14.8 Å². The van der Waals surface area contributed by atoms with Gasteiger partial charge in [0, 0.05) is 43.0 Å². The van der Waals surface area contributed by atoms with E-state index in [9.17, 15) is 4.79 Å². The fourth-order valence-corrected chi connectivity index (χ4v) is 5.08. The summed E-state index contributed by atoms with van der Waals surface area (Å²) < 4.78 is 0. The van der Waals surface area contributed by atoms with Gasteiger partial charge in [-0.2, -0.15) is 0 Å². The minimum absolute atomic E-state index is 0.0996. The Morgan fingerprint density at radius 1 is 0.970 bits per heavy atom. The minimum atomic E-state index is 0.0996. The van der Waals surface area contributed by atoms with Gasteiger partial charge >= 0.3 is 0 Å². The van der Waals surface area contributed by atoms with Crippen molar-refractivity contribution in [3.63, 3.8) is 0 Å². The molecule has 1 fully saturated rings. The van der Waals surface area contributed by atoms with Crippen LogP contribution in [0.15, 0.2) is 78.9 Å². The molecule has 0 spiro atoms. The normalized spacial score (nSPS) is 14.9. The summed E-state index contributed by atoms with van der Waals surface area (Å²) in [5.41, 5.74) is 3.71. The summed E-state index contributed by atoms with van der Waals surface area (Å²) in [6, 6.07) is 24.5. The van der Waals surface area contributed by atoms with Crippen molar-refractivity contribution in [2.45, 2.75) is 6.92 Å². The molecule has 4 nitrogen and oxygen atoms in total. The molecular formula is C28H27N3OS. The van der Waals surface area contributed by atoms with Crippen molar-refractivity contribution in [3.8, 4) is 10.6 Å². The Bertz CT molecular complexity index is 1290. The van der Waals surface area contributed by atoms with Crippen LogP contribution >= 0.6 is 11.3 Å². The van der Waals surface area contributed by atoms with Crippen LogP contribution in [-0.2, 0) is 0 Å². The van der Waals surface area contributed by atoms with E-state index in [4.69, 9.17) is 4.98 Å². The second-order valence-corrected chi connectivity index (χ2v) is 9.68. The number of nitrogens with zero attached hydrogens (tertiary/aromatic N) is 3. The number of para-hydroxylation sites is 1. The average molecular weight is 454 g/mol. The maximum atomic E-state index is 13.6. The van der Waals surface area contributed by atoms with Crippen molar-refractivity contribution in [1.29, 1.82) is 0 Å². The molecule has 0 unspecified atom stereocenters. The van der Waals surface area contributed by atoms with Gasteiger partial charge in [-0.3, -0.25) is 9.69 Å². The van der Waals surface area contributed by atoms with Crippen LogP contribution < -0.4 is 0 Å². The van der Waals surface area contributed by atoms with Gasteiger partial charge in [-0.15, -0.1) is 11.3 Å². The molecule has 0 atom stereocenters. The number of carbonyl (C=O) groups is 1. The van der Waals surface area contributed by atoms with Crippen molar-refractivity contribution >= 4 is 34.2 Å². The Balaban J connectivity index is 1.31. The van der Waals surface area contributed by atoms with Crippen molar-refractivity contribution in [2.75, 3.05) is 32.7 Å². The van der Waals surface area contributed by atoms with E-state index < -0.39 is 0 Å². The molecule has 5 heteroatoms. The third-order valence-electron chi connectivity index (χ3n) is 6.07. The second-order valence-electron chi connectivity index (χ2n) is 8.39. The van der Waals surface area contributed by atoms with Gasteiger partial charge in [-0.05, 0) is 36.8 Å². The van der Waals surface area contributed by atoms with Crippen LogP contribution in [0, 0.1) is 6.92 Å². The molecule has 1 saturated heterocycles. The Hall–Kier alpha value is -3.28. The van der Waals surface area contributed by atoms with Crippen LogP contribution in [-0.4, -0.2) is 53.4 Å². The van der Waals surface area contributed by atoms with Gasteiger partial charge in [0.15, 0.2) is 0 Å².